The Labute approximate surface area is 206 Å². The van der Waals surface area contributed by atoms with Crippen molar-refractivity contribution in [3.8, 4) is 17.6 Å². The zero-order valence-corrected chi connectivity index (χ0v) is 22.9. The second-order valence-electron chi connectivity index (χ2n) is 8.82. The van der Waals surface area contributed by atoms with E-state index in [-0.39, 0.29) is 31.2 Å². The van der Waals surface area contributed by atoms with Crippen molar-refractivity contribution in [2.24, 2.45) is 0 Å². The SMILES string of the molecule is CCOP(=O)(CCC#CCN(C)[C@H](CO)Cc1ccc(OC)c(C[N+](C)(C)C)c1)OCC.[Cl-]. The highest BCUT2D eigenvalue weighted by Crippen LogP contribution is 2.48. The third kappa shape index (κ3) is 12.2. The smallest absolute Gasteiger partial charge is 0.331 e. The van der Waals surface area contributed by atoms with Crippen LogP contribution in [0.2, 0.25) is 0 Å². The Morgan fingerprint density at radius 2 is 1.79 bits per heavy atom. The highest BCUT2D eigenvalue weighted by Gasteiger charge is 2.22. The molecule has 0 saturated heterocycles. The van der Waals surface area contributed by atoms with Gasteiger partial charge in [-0.2, -0.15) is 0 Å². The lowest BCUT2D eigenvalue weighted by Crippen LogP contribution is -3.00. The van der Waals surface area contributed by atoms with Crippen LogP contribution in [0.4, 0.5) is 0 Å². The molecule has 0 aliphatic rings. The van der Waals surface area contributed by atoms with Crippen LogP contribution in [0.1, 0.15) is 31.4 Å². The number of quaternary nitrogens is 1. The van der Waals surface area contributed by atoms with Gasteiger partial charge in [0.2, 0.25) is 0 Å². The number of hydrogen-bond acceptors (Lipinski definition) is 6. The summed E-state index contributed by atoms with van der Waals surface area (Å²) in [5.74, 6) is 7.06. The number of likely N-dealkylation sites (N-methyl/N-ethyl adjacent to an activating group) is 1. The first kappa shape index (κ1) is 31.9. The van der Waals surface area contributed by atoms with Crippen LogP contribution in [-0.4, -0.2) is 88.4 Å². The van der Waals surface area contributed by atoms with Crippen LogP contribution in [0.25, 0.3) is 0 Å². The molecule has 0 amide bonds. The van der Waals surface area contributed by atoms with Gasteiger partial charge in [-0.1, -0.05) is 12.0 Å². The van der Waals surface area contributed by atoms with Crippen LogP contribution in [0.15, 0.2) is 18.2 Å². The first-order valence-electron chi connectivity index (χ1n) is 11.2. The fourth-order valence-electron chi connectivity index (χ4n) is 3.38. The van der Waals surface area contributed by atoms with Crippen LogP contribution in [0.3, 0.4) is 0 Å². The van der Waals surface area contributed by atoms with Crippen LogP contribution in [0.5, 0.6) is 5.75 Å². The predicted octanol–water partition coefficient (Wildman–Crippen LogP) is 0.400. The molecule has 7 nitrogen and oxygen atoms in total. The molecule has 0 bridgehead atoms. The van der Waals surface area contributed by atoms with Crippen molar-refractivity contribution in [2.75, 3.05) is 67.8 Å². The van der Waals surface area contributed by atoms with Gasteiger partial charge in [-0.05, 0) is 45.0 Å². The van der Waals surface area contributed by atoms with Crippen LogP contribution >= 0.6 is 7.60 Å². The Balaban J connectivity index is 0.0000102. The van der Waals surface area contributed by atoms with E-state index in [1.165, 1.54) is 0 Å². The largest absolute Gasteiger partial charge is 1.00 e. The molecule has 9 heteroatoms. The summed E-state index contributed by atoms with van der Waals surface area (Å²) in [6.07, 6.45) is 1.45. The summed E-state index contributed by atoms with van der Waals surface area (Å²) < 4.78 is 29.4. The minimum atomic E-state index is -3.05. The molecule has 190 valence electrons. The summed E-state index contributed by atoms with van der Waals surface area (Å²) >= 11 is 0. The van der Waals surface area contributed by atoms with Crippen molar-refractivity contribution in [1.29, 1.82) is 0 Å². The van der Waals surface area contributed by atoms with Crippen molar-refractivity contribution < 1.29 is 40.3 Å². The van der Waals surface area contributed by atoms with Gasteiger partial charge in [0.15, 0.2) is 0 Å². The third-order valence-electron chi connectivity index (χ3n) is 4.91. The molecule has 0 saturated carbocycles. The molecule has 0 aromatic heterocycles. The van der Waals surface area contributed by atoms with E-state index in [1.807, 2.05) is 18.0 Å². The van der Waals surface area contributed by atoms with E-state index in [4.69, 9.17) is 13.8 Å². The minimum absolute atomic E-state index is 0. The molecule has 0 heterocycles. The van der Waals surface area contributed by atoms with E-state index in [1.54, 1.807) is 21.0 Å². The van der Waals surface area contributed by atoms with Gasteiger partial charge >= 0.3 is 7.60 Å². The summed E-state index contributed by atoms with van der Waals surface area (Å²) in [5, 5.41) is 9.95. The van der Waals surface area contributed by atoms with Crippen molar-refractivity contribution in [3.63, 3.8) is 0 Å². The molecule has 1 aromatic carbocycles. The lowest BCUT2D eigenvalue weighted by Gasteiger charge is -2.27. The van der Waals surface area contributed by atoms with E-state index in [0.29, 0.717) is 32.6 Å². The van der Waals surface area contributed by atoms with Gasteiger partial charge < -0.3 is 35.8 Å². The molecule has 33 heavy (non-hydrogen) atoms. The molecule has 0 fully saturated rings. The maximum atomic E-state index is 12.5. The molecule has 1 rings (SSSR count). The van der Waals surface area contributed by atoms with Crippen molar-refractivity contribution in [2.45, 2.75) is 39.3 Å². The molecule has 0 aliphatic carbocycles. The number of aliphatic hydroxyl groups is 1. The number of nitrogens with zero attached hydrogens (tertiary/aromatic N) is 2. The number of ether oxygens (including phenoxy) is 1. The fraction of sp³-hybridized carbons (Fsp3) is 0.667. The first-order valence-corrected chi connectivity index (χ1v) is 12.9. The monoisotopic (exact) mass is 504 g/mol. The van der Waals surface area contributed by atoms with E-state index in [0.717, 1.165) is 27.9 Å². The van der Waals surface area contributed by atoms with Gasteiger partial charge in [0, 0.05) is 18.0 Å². The quantitative estimate of drug-likeness (QED) is 0.225. The Bertz CT molecular complexity index is 794. The third-order valence-corrected chi connectivity index (χ3v) is 6.99. The molecular weight excluding hydrogens is 463 g/mol. The topological polar surface area (TPSA) is 68.2 Å². The Hall–Kier alpha value is -1.10. The molecule has 0 aliphatic heterocycles. The van der Waals surface area contributed by atoms with Crippen molar-refractivity contribution in [1.82, 2.24) is 4.90 Å². The number of aliphatic hydroxyl groups excluding tert-OH is 1. The van der Waals surface area contributed by atoms with E-state index in [2.05, 4.69) is 45.1 Å². The second kappa shape index (κ2) is 15.7. The van der Waals surface area contributed by atoms with Gasteiger partial charge in [-0.15, -0.1) is 5.92 Å². The Morgan fingerprint density at radius 1 is 1.15 bits per heavy atom. The summed E-state index contributed by atoms with van der Waals surface area (Å²) in [7, 11) is 7.05. The highest BCUT2D eigenvalue weighted by atomic mass is 35.5. The number of benzene rings is 1. The maximum Gasteiger partial charge on any atom is 0.331 e. The molecule has 0 radical (unpaired) electrons. The molecule has 1 N–H and O–H groups in total. The highest BCUT2D eigenvalue weighted by molar-refractivity contribution is 7.53. The Morgan fingerprint density at radius 3 is 2.30 bits per heavy atom. The molecule has 0 unspecified atom stereocenters. The number of methoxy groups -OCH3 is 1. The average molecular weight is 505 g/mol. The second-order valence-corrected chi connectivity index (χ2v) is 11.0. The first-order chi connectivity index (χ1) is 15.1. The summed E-state index contributed by atoms with van der Waals surface area (Å²) in [6.45, 7) is 5.72. The lowest BCUT2D eigenvalue weighted by molar-refractivity contribution is -0.884. The predicted molar refractivity (Wildman–Crippen MR) is 130 cm³/mol. The zero-order valence-electron chi connectivity index (χ0n) is 21.3. The number of halogens is 1. The average Bonchev–Trinajstić information content (AvgIpc) is 2.71. The normalized spacial score (nSPS) is 12.6. The van der Waals surface area contributed by atoms with Gasteiger partial charge in [0.25, 0.3) is 0 Å². The molecule has 1 aromatic rings. The van der Waals surface area contributed by atoms with Crippen LogP contribution in [0, 0.1) is 11.8 Å². The lowest BCUT2D eigenvalue weighted by atomic mass is 10.0. The Kier molecular flexibility index (Phi) is 15.2. The zero-order chi connectivity index (χ0) is 24.2. The summed E-state index contributed by atoms with van der Waals surface area (Å²) in [4.78, 5) is 2.04. The van der Waals surface area contributed by atoms with E-state index < -0.39 is 7.60 Å². The van der Waals surface area contributed by atoms with E-state index in [9.17, 15) is 9.67 Å². The summed E-state index contributed by atoms with van der Waals surface area (Å²) in [5.41, 5.74) is 2.31. The van der Waals surface area contributed by atoms with Gasteiger partial charge in [0.05, 0.1) is 60.8 Å². The molecular formula is C24H42ClN2O5P. The van der Waals surface area contributed by atoms with Gasteiger partial charge in [-0.3, -0.25) is 9.46 Å². The van der Waals surface area contributed by atoms with Crippen molar-refractivity contribution >= 4 is 7.60 Å². The number of rotatable bonds is 14. The standard InChI is InChI=1S/C24H42N2O5P.ClH/c1-8-30-32(28,31-9-2)16-12-10-11-15-25(3)23(20-27)18-21-13-14-24(29-7)22(17-21)19-26(4,5)6;/h13-14,17,23,27H,8-9,12,15-16,18-20H2,1-7H3;1H/q+1;/p-1/t23-;/m0./s1. The fourth-order valence-corrected chi connectivity index (χ4v) is 4.88. The van der Waals surface area contributed by atoms with Crippen LogP contribution < -0.4 is 17.1 Å². The van der Waals surface area contributed by atoms with Crippen molar-refractivity contribution in [3.05, 3.63) is 29.3 Å². The minimum Gasteiger partial charge on any atom is -1.00 e. The van der Waals surface area contributed by atoms with E-state index >= 15 is 0 Å². The molecule has 1 atom stereocenters. The van der Waals surface area contributed by atoms with Gasteiger partial charge in [-0.25, -0.2) is 0 Å². The number of hydrogen-bond donors (Lipinski definition) is 1. The summed E-state index contributed by atoms with van der Waals surface area (Å²) in [6, 6.07) is 6.18. The van der Waals surface area contributed by atoms with Crippen LogP contribution in [-0.2, 0) is 26.6 Å². The maximum absolute atomic E-state index is 12.5. The molecule has 0 spiro atoms. The van der Waals surface area contributed by atoms with Gasteiger partial charge in [0.1, 0.15) is 12.3 Å².